The summed E-state index contributed by atoms with van der Waals surface area (Å²) < 4.78 is 5.38. The zero-order chi connectivity index (χ0) is 12.1. The summed E-state index contributed by atoms with van der Waals surface area (Å²) in [6.45, 7) is 6.21. The Morgan fingerprint density at radius 3 is 2.71 bits per heavy atom. The highest BCUT2D eigenvalue weighted by Crippen LogP contribution is 2.16. The second kappa shape index (κ2) is 6.18. The Bertz CT molecular complexity index is 327. The highest BCUT2D eigenvalue weighted by atomic mass is 16.5. The quantitative estimate of drug-likeness (QED) is 0.844. The molecule has 2 rings (SSSR count). The molecule has 17 heavy (non-hydrogen) atoms. The van der Waals surface area contributed by atoms with E-state index in [1.807, 2.05) is 0 Å². The molecule has 0 amide bonds. The average Bonchev–Trinajstić information content (AvgIpc) is 2.83. The fourth-order valence-corrected chi connectivity index (χ4v) is 2.38. The zero-order valence-electron chi connectivity index (χ0n) is 10.9. The predicted molar refractivity (Wildman–Crippen MR) is 71.2 cm³/mol. The minimum absolute atomic E-state index is 0.414. The molecule has 1 heterocycles. The van der Waals surface area contributed by atoms with Crippen LogP contribution in [-0.4, -0.2) is 19.3 Å². The molecule has 0 aliphatic carbocycles. The molecule has 1 aromatic carbocycles. The molecule has 1 aliphatic rings. The van der Waals surface area contributed by atoms with E-state index in [0.29, 0.717) is 12.1 Å². The van der Waals surface area contributed by atoms with Gasteiger partial charge in [0.2, 0.25) is 0 Å². The molecule has 1 aliphatic heterocycles. The fraction of sp³-hybridized carbons (Fsp3) is 0.600. The lowest BCUT2D eigenvalue weighted by Gasteiger charge is -2.18. The lowest BCUT2D eigenvalue weighted by atomic mass is 10.0. The maximum Gasteiger partial charge on any atom is 0.0620 e. The van der Waals surface area contributed by atoms with E-state index < -0.39 is 0 Å². The van der Waals surface area contributed by atoms with Crippen LogP contribution >= 0.6 is 0 Å². The minimum Gasteiger partial charge on any atom is -0.380 e. The third-order valence-electron chi connectivity index (χ3n) is 3.43. The lowest BCUT2D eigenvalue weighted by molar-refractivity contribution is 0.188. The summed E-state index contributed by atoms with van der Waals surface area (Å²) in [7, 11) is 0. The van der Waals surface area contributed by atoms with Gasteiger partial charge in [-0.2, -0.15) is 0 Å². The van der Waals surface area contributed by atoms with Crippen molar-refractivity contribution in [1.82, 2.24) is 5.32 Å². The SMILES string of the molecule is CCCc1ccc(C(C)NC2CCOC2)cc1. The van der Waals surface area contributed by atoms with E-state index in [1.54, 1.807) is 0 Å². The third kappa shape index (κ3) is 3.55. The largest absolute Gasteiger partial charge is 0.380 e. The summed E-state index contributed by atoms with van der Waals surface area (Å²) in [5.74, 6) is 0. The monoisotopic (exact) mass is 233 g/mol. The number of rotatable bonds is 5. The van der Waals surface area contributed by atoms with Gasteiger partial charge in [-0.3, -0.25) is 0 Å². The summed E-state index contributed by atoms with van der Waals surface area (Å²) in [6, 6.07) is 9.94. The Kier molecular flexibility index (Phi) is 4.57. The van der Waals surface area contributed by atoms with Gasteiger partial charge in [-0.25, -0.2) is 0 Å². The second-order valence-electron chi connectivity index (χ2n) is 4.94. The topological polar surface area (TPSA) is 21.3 Å². The van der Waals surface area contributed by atoms with E-state index in [2.05, 4.69) is 43.4 Å². The van der Waals surface area contributed by atoms with Crippen LogP contribution in [0.3, 0.4) is 0 Å². The molecule has 0 saturated carbocycles. The summed E-state index contributed by atoms with van der Waals surface area (Å²) >= 11 is 0. The van der Waals surface area contributed by atoms with Gasteiger partial charge >= 0.3 is 0 Å². The lowest BCUT2D eigenvalue weighted by Crippen LogP contribution is -2.31. The van der Waals surface area contributed by atoms with Crippen LogP contribution in [0.1, 0.15) is 43.9 Å². The highest BCUT2D eigenvalue weighted by Gasteiger charge is 2.17. The van der Waals surface area contributed by atoms with Gasteiger partial charge < -0.3 is 10.1 Å². The molecule has 1 N–H and O–H groups in total. The molecule has 94 valence electrons. The van der Waals surface area contributed by atoms with Gasteiger partial charge in [-0.1, -0.05) is 37.6 Å². The van der Waals surface area contributed by atoms with Gasteiger partial charge in [-0.05, 0) is 30.9 Å². The number of nitrogens with one attached hydrogen (secondary N) is 1. The molecule has 1 saturated heterocycles. The normalized spacial score (nSPS) is 21.6. The van der Waals surface area contributed by atoms with Crippen LogP contribution in [0, 0.1) is 0 Å². The van der Waals surface area contributed by atoms with Gasteiger partial charge in [0.15, 0.2) is 0 Å². The number of benzene rings is 1. The van der Waals surface area contributed by atoms with Crippen LogP contribution in [0.2, 0.25) is 0 Å². The summed E-state index contributed by atoms with van der Waals surface area (Å²) in [5, 5.41) is 3.62. The van der Waals surface area contributed by atoms with E-state index in [9.17, 15) is 0 Å². The van der Waals surface area contributed by atoms with Crippen molar-refractivity contribution < 1.29 is 4.74 Å². The van der Waals surface area contributed by atoms with Crippen molar-refractivity contribution in [3.8, 4) is 0 Å². The molecule has 1 aromatic rings. The zero-order valence-corrected chi connectivity index (χ0v) is 10.9. The van der Waals surface area contributed by atoms with Crippen LogP contribution < -0.4 is 5.32 Å². The maximum absolute atomic E-state index is 5.38. The fourth-order valence-electron chi connectivity index (χ4n) is 2.38. The molecule has 0 bridgehead atoms. The molecule has 0 radical (unpaired) electrons. The van der Waals surface area contributed by atoms with Gasteiger partial charge in [0.1, 0.15) is 0 Å². The average molecular weight is 233 g/mol. The van der Waals surface area contributed by atoms with Crippen molar-refractivity contribution >= 4 is 0 Å². The minimum atomic E-state index is 0.414. The smallest absolute Gasteiger partial charge is 0.0620 e. The van der Waals surface area contributed by atoms with Crippen molar-refractivity contribution in [3.05, 3.63) is 35.4 Å². The molecule has 0 spiro atoms. The van der Waals surface area contributed by atoms with Crippen molar-refractivity contribution in [2.24, 2.45) is 0 Å². The first-order chi connectivity index (χ1) is 8.29. The Hall–Kier alpha value is -0.860. The number of aryl methyl sites for hydroxylation is 1. The first kappa shape index (κ1) is 12.6. The van der Waals surface area contributed by atoms with Crippen LogP contribution in [0.4, 0.5) is 0 Å². The molecule has 1 fully saturated rings. The van der Waals surface area contributed by atoms with E-state index in [4.69, 9.17) is 4.74 Å². The summed E-state index contributed by atoms with van der Waals surface area (Å²) in [6.07, 6.45) is 3.53. The van der Waals surface area contributed by atoms with Crippen molar-refractivity contribution in [1.29, 1.82) is 0 Å². The van der Waals surface area contributed by atoms with Crippen molar-refractivity contribution in [2.75, 3.05) is 13.2 Å². The first-order valence-corrected chi connectivity index (χ1v) is 6.72. The van der Waals surface area contributed by atoms with E-state index in [1.165, 1.54) is 24.0 Å². The summed E-state index contributed by atoms with van der Waals surface area (Å²) in [4.78, 5) is 0. The van der Waals surface area contributed by atoms with Gasteiger partial charge in [-0.15, -0.1) is 0 Å². The first-order valence-electron chi connectivity index (χ1n) is 6.72. The molecule has 2 nitrogen and oxygen atoms in total. The Labute approximate surface area is 104 Å². The number of hydrogen-bond donors (Lipinski definition) is 1. The van der Waals surface area contributed by atoms with E-state index in [-0.39, 0.29) is 0 Å². The van der Waals surface area contributed by atoms with Gasteiger partial charge in [0.25, 0.3) is 0 Å². The third-order valence-corrected chi connectivity index (χ3v) is 3.43. The van der Waals surface area contributed by atoms with Gasteiger partial charge in [0.05, 0.1) is 6.61 Å². The Balaban J connectivity index is 1.91. The maximum atomic E-state index is 5.38. The van der Waals surface area contributed by atoms with Gasteiger partial charge in [0, 0.05) is 18.7 Å². The van der Waals surface area contributed by atoms with Crippen molar-refractivity contribution in [2.45, 2.75) is 45.2 Å². The number of hydrogen-bond acceptors (Lipinski definition) is 2. The van der Waals surface area contributed by atoms with Crippen LogP contribution in [0.25, 0.3) is 0 Å². The van der Waals surface area contributed by atoms with Crippen LogP contribution in [0.15, 0.2) is 24.3 Å². The van der Waals surface area contributed by atoms with E-state index >= 15 is 0 Å². The molecular weight excluding hydrogens is 210 g/mol. The van der Waals surface area contributed by atoms with Crippen molar-refractivity contribution in [3.63, 3.8) is 0 Å². The summed E-state index contributed by atoms with van der Waals surface area (Å²) in [5.41, 5.74) is 2.81. The molecular formula is C15H23NO. The highest BCUT2D eigenvalue weighted by molar-refractivity contribution is 5.24. The molecule has 2 atom stereocenters. The number of ether oxygens (including phenoxy) is 1. The predicted octanol–water partition coefficient (Wildman–Crippen LogP) is 3.08. The molecule has 2 heteroatoms. The van der Waals surface area contributed by atoms with E-state index in [0.717, 1.165) is 19.6 Å². The molecule has 0 aromatic heterocycles. The van der Waals surface area contributed by atoms with Crippen LogP contribution in [0.5, 0.6) is 0 Å². The second-order valence-corrected chi connectivity index (χ2v) is 4.94. The van der Waals surface area contributed by atoms with Crippen LogP contribution in [-0.2, 0) is 11.2 Å². The standard InChI is InChI=1S/C15H23NO/c1-3-4-13-5-7-14(8-6-13)12(2)16-15-9-10-17-11-15/h5-8,12,15-16H,3-4,9-11H2,1-2H3. The Morgan fingerprint density at radius 1 is 1.35 bits per heavy atom. The Morgan fingerprint density at radius 2 is 2.12 bits per heavy atom. The molecule has 2 unspecified atom stereocenters.